The van der Waals surface area contributed by atoms with Gasteiger partial charge in [0.2, 0.25) is 0 Å². The largest absolute Gasteiger partial charge is 0.487 e. The molecule has 1 N–H and O–H groups in total. The van der Waals surface area contributed by atoms with Crippen molar-refractivity contribution in [2.75, 3.05) is 31.1 Å². The molecule has 0 aliphatic carbocycles. The van der Waals surface area contributed by atoms with Crippen molar-refractivity contribution in [3.8, 4) is 16.9 Å². The summed E-state index contributed by atoms with van der Waals surface area (Å²) < 4.78 is 6.46. The SMILES string of the molecule is Clc1ccc(-c2cc3c(c(N4CCCC4)c2)O[C@H]2CCNC[C@@H]32)c(Cl)c1. The first-order valence-electron chi connectivity index (χ1n) is 9.46. The summed E-state index contributed by atoms with van der Waals surface area (Å²) in [4.78, 5) is 2.47. The molecule has 0 radical (unpaired) electrons. The molecule has 0 saturated carbocycles. The van der Waals surface area contributed by atoms with Gasteiger partial charge in [-0.3, -0.25) is 0 Å². The molecule has 3 aliphatic heterocycles. The highest BCUT2D eigenvalue weighted by molar-refractivity contribution is 6.36. The molecule has 2 aromatic rings. The van der Waals surface area contributed by atoms with Gasteiger partial charge < -0.3 is 15.0 Å². The van der Waals surface area contributed by atoms with E-state index in [9.17, 15) is 0 Å². The molecule has 0 unspecified atom stereocenters. The predicted octanol–water partition coefficient (Wildman–Crippen LogP) is 5.10. The number of rotatable bonds is 2. The molecule has 136 valence electrons. The highest BCUT2D eigenvalue weighted by Gasteiger charge is 2.39. The van der Waals surface area contributed by atoms with Crippen molar-refractivity contribution >= 4 is 28.9 Å². The summed E-state index contributed by atoms with van der Waals surface area (Å²) in [5.41, 5.74) is 4.75. The van der Waals surface area contributed by atoms with Crippen LogP contribution in [0.5, 0.6) is 5.75 Å². The summed E-state index contributed by atoms with van der Waals surface area (Å²) in [5.74, 6) is 1.52. The number of anilines is 1. The number of hydrogen-bond acceptors (Lipinski definition) is 3. The molecular formula is C21H22Cl2N2O. The second-order valence-corrected chi connectivity index (χ2v) is 8.33. The average Bonchev–Trinajstić information content (AvgIpc) is 3.29. The molecular weight excluding hydrogens is 367 g/mol. The minimum Gasteiger partial charge on any atom is -0.487 e. The number of fused-ring (bicyclic) bond motifs is 3. The number of ether oxygens (including phenoxy) is 1. The third-order valence-electron chi connectivity index (χ3n) is 5.87. The molecule has 0 bridgehead atoms. The maximum Gasteiger partial charge on any atom is 0.146 e. The maximum atomic E-state index is 6.52. The van der Waals surface area contributed by atoms with Gasteiger partial charge in [-0.05, 0) is 55.6 Å². The van der Waals surface area contributed by atoms with Gasteiger partial charge in [0.1, 0.15) is 11.9 Å². The quantitative estimate of drug-likeness (QED) is 0.774. The number of benzene rings is 2. The lowest BCUT2D eigenvalue weighted by molar-refractivity contribution is 0.172. The van der Waals surface area contributed by atoms with Crippen molar-refractivity contribution < 1.29 is 4.74 Å². The van der Waals surface area contributed by atoms with Gasteiger partial charge in [0.25, 0.3) is 0 Å². The minimum absolute atomic E-state index is 0.295. The lowest BCUT2D eigenvalue weighted by Gasteiger charge is -2.25. The standard InChI is InChI=1S/C21H22Cl2N2O/c22-14-3-4-15(18(23)11-14)13-9-16-17-12-24-6-5-20(17)26-21(16)19(10-13)25-7-1-2-8-25/h3-4,9-11,17,20,24H,1-2,5-8,12H2/t17-,20-/m0/s1. The van der Waals surface area contributed by atoms with Crippen LogP contribution < -0.4 is 15.0 Å². The first-order chi connectivity index (χ1) is 12.7. The smallest absolute Gasteiger partial charge is 0.146 e. The Hall–Kier alpha value is -1.42. The van der Waals surface area contributed by atoms with Gasteiger partial charge in [-0.2, -0.15) is 0 Å². The molecule has 3 nitrogen and oxygen atoms in total. The minimum atomic E-state index is 0.295. The van der Waals surface area contributed by atoms with E-state index in [4.69, 9.17) is 27.9 Å². The number of halogens is 2. The molecule has 5 rings (SSSR count). The van der Waals surface area contributed by atoms with E-state index < -0.39 is 0 Å². The van der Waals surface area contributed by atoms with Crippen molar-refractivity contribution in [2.45, 2.75) is 31.3 Å². The van der Waals surface area contributed by atoms with Crippen molar-refractivity contribution in [3.05, 3.63) is 45.9 Å². The fourth-order valence-corrected chi connectivity index (χ4v) is 5.07. The molecule has 3 heterocycles. The van der Waals surface area contributed by atoms with Crippen LogP contribution in [0.1, 0.15) is 30.7 Å². The Bertz CT molecular complexity index is 848. The Morgan fingerprint density at radius 1 is 1.08 bits per heavy atom. The molecule has 2 atom stereocenters. The van der Waals surface area contributed by atoms with Crippen LogP contribution in [-0.2, 0) is 0 Å². The zero-order valence-corrected chi connectivity index (χ0v) is 16.1. The molecule has 3 aliphatic rings. The Labute approximate surface area is 164 Å². The van der Waals surface area contributed by atoms with E-state index in [0.717, 1.165) is 49.5 Å². The van der Waals surface area contributed by atoms with Crippen molar-refractivity contribution in [2.24, 2.45) is 0 Å². The lowest BCUT2D eigenvalue weighted by Crippen LogP contribution is -2.37. The van der Waals surface area contributed by atoms with Crippen molar-refractivity contribution in [3.63, 3.8) is 0 Å². The van der Waals surface area contributed by atoms with Crippen LogP contribution >= 0.6 is 23.2 Å². The molecule has 2 fully saturated rings. The van der Waals surface area contributed by atoms with Crippen LogP contribution in [-0.4, -0.2) is 32.3 Å². The van der Waals surface area contributed by atoms with E-state index >= 15 is 0 Å². The summed E-state index contributed by atoms with van der Waals surface area (Å²) in [5, 5.41) is 4.89. The van der Waals surface area contributed by atoms with E-state index in [2.05, 4.69) is 22.3 Å². The molecule has 0 aromatic heterocycles. The lowest BCUT2D eigenvalue weighted by atomic mass is 9.88. The fraction of sp³-hybridized carbons (Fsp3) is 0.429. The Balaban J connectivity index is 1.66. The van der Waals surface area contributed by atoms with Gasteiger partial charge in [0, 0.05) is 46.7 Å². The van der Waals surface area contributed by atoms with Gasteiger partial charge in [-0.1, -0.05) is 29.3 Å². The van der Waals surface area contributed by atoms with Crippen LogP contribution in [0, 0.1) is 0 Å². The Kier molecular flexibility index (Phi) is 4.27. The molecule has 2 aromatic carbocycles. The zero-order valence-electron chi connectivity index (χ0n) is 14.6. The van der Waals surface area contributed by atoms with Crippen LogP contribution in [0.3, 0.4) is 0 Å². The number of nitrogens with one attached hydrogen (secondary N) is 1. The third-order valence-corrected chi connectivity index (χ3v) is 6.42. The van der Waals surface area contributed by atoms with Gasteiger partial charge in [-0.25, -0.2) is 0 Å². The van der Waals surface area contributed by atoms with E-state index in [1.165, 1.54) is 24.1 Å². The number of piperidine rings is 1. The summed E-state index contributed by atoms with van der Waals surface area (Å²) in [6, 6.07) is 10.3. The molecule has 26 heavy (non-hydrogen) atoms. The molecule has 5 heteroatoms. The topological polar surface area (TPSA) is 24.5 Å². The van der Waals surface area contributed by atoms with Crippen LogP contribution in [0.15, 0.2) is 30.3 Å². The summed E-state index contributed by atoms with van der Waals surface area (Å²) in [6.07, 6.45) is 3.85. The van der Waals surface area contributed by atoms with Crippen molar-refractivity contribution in [1.29, 1.82) is 0 Å². The van der Waals surface area contributed by atoms with Crippen LogP contribution in [0.4, 0.5) is 5.69 Å². The van der Waals surface area contributed by atoms with Gasteiger partial charge in [-0.15, -0.1) is 0 Å². The van der Waals surface area contributed by atoms with Crippen molar-refractivity contribution in [1.82, 2.24) is 5.32 Å². The second-order valence-electron chi connectivity index (χ2n) is 7.49. The number of nitrogens with zero attached hydrogens (tertiary/aromatic N) is 1. The Morgan fingerprint density at radius 2 is 1.92 bits per heavy atom. The summed E-state index contributed by atoms with van der Waals surface area (Å²) in [7, 11) is 0. The van der Waals surface area contributed by atoms with E-state index in [1.54, 1.807) is 0 Å². The van der Waals surface area contributed by atoms with Gasteiger partial charge >= 0.3 is 0 Å². The van der Waals surface area contributed by atoms with Gasteiger partial charge in [0.15, 0.2) is 0 Å². The normalized spacial score (nSPS) is 24.3. The first-order valence-corrected chi connectivity index (χ1v) is 10.2. The monoisotopic (exact) mass is 388 g/mol. The maximum absolute atomic E-state index is 6.52. The van der Waals surface area contributed by atoms with Crippen LogP contribution in [0.25, 0.3) is 11.1 Å². The number of hydrogen-bond donors (Lipinski definition) is 1. The predicted molar refractivity (Wildman–Crippen MR) is 108 cm³/mol. The fourth-order valence-electron chi connectivity index (χ4n) is 4.55. The highest BCUT2D eigenvalue weighted by Crippen LogP contribution is 2.49. The van der Waals surface area contributed by atoms with Gasteiger partial charge in [0.05, 0.1) is 5.69 Å². The van der Waals surface area contributed by atoms with E-state index in [1.807, 2.05) is 18.2 Å². The second kappa shape index (κ2) is 6.63. The average molecular weight is 389 g/mol. The summed E-state index contributed by atoms with van der Waals surface area (Å²) >= 11 is 12.6. The molecule has 0 amide bonds. The zero-order chi connectivity index (χ0) is 17.7. The van der Waals surface area contributed by atoms with E-state index in [0.29, 0.717) is 22.1 Å². The van der Waals surface area contributed by atoms with Crippen LogP contribution in [0.2, 0.25) is 10.0 Å². The third kappa shape index (κ3) is 2.77. The van der Waals surface area contributed by atoms with E-state index in [-0.39, 0.29) is 0 Å². The Morgan fingerprint density at radius 3 is 2.73 bits per heavy atom. The molecule has 0 spiro atoms. The highest BCUT2D eigenvalue weighted by atomic mass is 35.5. The molecule has 2 saturated heterocycles. The first kappa shape index (κ1) is 16.7. The summed E-state index contributed by atoms with van der Waals surface area (Å²) in [6.45, 7) is 4.21.